The minimum atomic E-state index is -0.972. The zero-order valence-electron chi connectivity index (χ0n) is 9.57. The zero-order valence-corrected chi connectivity index (χ0v) is 10.4. The van der Waals surface area contributed by atoms with Crippen LogP contribution in [0.5, 0.6) is 0 Å². The van der Waals surface area contributed by atoms with E-state index in [0.717, 1.165) is 15.6 Å². The van der Waals surface area contributed by atoms with Crippen LogP contribution >= 0.6 is 11.8 Å². The Morgan fingerprint density at radius 1 is 1.26 bits per heavy atom. The number of aromatic carboxylic acids is 1. The number of hydrogen-bond donors (Lipinski definition) is 2. The third-order valence-electron chi connectivity index (χ3n) is 2.51. The second kappa shape index (κ2) is 4.69. The summed E-state index contributed by atoms with van der Waals surface area (Å²) >= 11 is 1.37. The Morgan fingerprint density at radius 2 is 2.16 bits per heavy atom. The molecule has 0 aliphatic carbocycles. The predicted octanol–water partition coefficient (Wildman–Crippen LogP) is 2.20. The summed E-state index contributed by atoms with van der Waals surface area (Å²) in [5, 5.41) is 11.2. The molecule has 0 radical (unpaired) electrons. The Labute approximate surface area is 111 Å². The highest BCUT2D eigenvalue weighted by Crippen LogP contribution is 2.28. The fourth-order valence-corrected chi connectivity index (χ4v) is 2.45. The number of carbonyl (C=O) groups is 1. The predicted molar refractivity (Wildman–Crippen MR) is 69.2 cm³/mol. The van der Waals surface area contributed by atoms with E-state index in [1.54, 1.807) is 24.5 Å². The van der Waals surface area contributed by atoms with Gasteiger partial charge in [-0.25, -0.2) is 19.7 Å². The van der Waals surface area contributed by atoms with Crippen molar-refractivity contribution < 1.29 is 9.90 Å². The van der Waals surface area contributed by atoms with Gasteiger partial charge in [0.25, 0.3) is 0 Å². The molecule has 0 atom stereocenters. The lowest BCUT2D eigenvalue weighted by Gasteiger charge is -2.03. The number of fused-ring (bicyclic) bond motifs is 1. The van der Waals surface area contributed by atoms with Crippen LogP contribution in [-0.2, 0) is 0 Å². The molecule has 0 fully saturated rings. The lowest BCUT2D eigenvalue weighted by molar-refractivity contribution is 0.0697. The Balaban J connectivity index is 2.08. The number of benzene rings is 1. The summed E-state index contributed by atoms with van der Waals surface area (Å²) in [6.07, 6.45) is 4.81. The van der Waals surface area contributed by atoms with E-state index in [1.807, 2.05) is 0 Å². The molecule has 19 heavy (non-hydrogen) atoms. The first-order valence-electron chi connectivity index (χ1n) is 5.39. The Hall–Kier alpha value is -2.41. The van der Waals surface area contributed by atoms with Gasteiger partial charge in [0.15, 0.2) is 5.16 Å². The standard InChI is InChI=1S/C12H8N4O2S/c17-11(18)7-1-2-8-9(5-7)15-6-16-10(8)19-12-13-3-4-14-12/h1-6H,(H,13,14)(H,17,18). The molecule has 0 spiro atoms. The molecule has 6 nitrogen and oxygen atoms in total. The maximum Gasteiger partial charge on any atom is 0.335 e. The van der Waals surface area contributed by atoms with Crippen molar-refractivity contribution in [1.29, 1.82) is 0 Å². The van der Waals surface area contributed by atoms with Crippen molar-refractivity contribution in [1.82, 2.24) is 19.9 Å². The lowest BCUT2D eigenvalue weighted by Crippen LogP contribution is -1.97. The number of carboxylic acids is 1. The molecule has 2 heterocycles. The molecule has 0 saturated heterocycles. The molecular weight excluding hydrogens is 264 g/mol. The third-order valence-corrected chi connectivity index (χ3v) is 3.45. The highest BCUT2D eigenvalue weighted by Gasteiger charge is 2.10. The Morgan fingerprint density at radius 3 is 2.89 bits per heavy atom. The van der Waals surface area contributed by atoms with Crippen molar-refractivity contribution in [2.75, 3.05) is 0 Å². The molecule has 3 aromatic rings. The van der Waals surface area contributed by atoms with Crippen LogP contribution in [0, 0.1) is 0 Å². The molecule has 94 valence electrons. The number of aromatic nitrogens is 4. The average Bonchev–Trinajstić information content (AvgIpc) is 2.91. The summed E-state index contributed by atoms with van der Waals surface area (Å²) in [4.78, 5) is 26.3. The quantitative estimate of drug-likeness (QED) is 0.710. The second-order valence-electron chi connectivity index (χ2n) is 3.71. The van der Waals surface area contributed by atoms with Gasteiger partial charge in [0, 0.05) is 17.8 Å². The van der Waals surface area contributed by atoms with Gasteiger partial charge >= 0.3 is 5.97 Å². The number of imidazole rings is 1. The minimum Gasteiger partial charge on any atom is -0.478 e. The summed E-state index contributed by atoms with van der Waals surface area (Å²) in [5.74, 6) is -0.972. The van der Waals surface area contributed by atoms with E-state index >= 15 is 0 Å². The van der Waals surface area contributed by atoms with Crippen LogP contribution in [0.15, 0.2) is 47.1 Å². The molecule has 2 N–H and O–H groups in total. The van der Waals surface area contributed by atoms with Gasteiger partial charge in [0.05, 0.1) is 11.1 Å². The maximum absolute atomic E-state index is 10.9. The molecule has 2 aromatic heterocycles. The van der Waals surface area contributed by atoms with Crippen molar-refractivity contribution in [3.8, 4) is 0 Å². The van der Waals surface area contributed by atoms with Crippen molar-refractivity contribution in [2.24, 2.45) is 0 Å². The molecule has 0 bridgehead atoms. The minimum absolute atomic E-state index is 0.208. The van der Waals surface area contributed by atoms with E-state index in [-0.39, 0.29) is 5.56 Å². The van der Waals surface area contributed by atoms with Crippen LogP contribution in [0.3, 0.4) is 0 Å². The first kappa shape index (κ1) is 11.7. The number of hydrogen-bond acceptors (Lipinski definition) is 5. The van der Waals surface area contributed by atoms with Gasteiger partial charge in [-0.3, -0.25) is 0 Å². The fraction of sp³-hybridized carbons (Fsp3) is 0. The molecule has 0 saturated carbocycles. The molecule has 0 aliphatic heterocycles. The monoisotopic (exact) mass is 272 g/mol. The summed E-state index contributed by atoms with van der Waals surface area (Å²) in [6, 6.07) is 4.79. The number of nitrogens with zero attached hydrogens (tertiary/aromatic N) is 3. The molecule has 3 rings (SSSR count). The number of rotatable bonds is 3. The van der Waals surface area contributed by atoms with E-state index in [0.29, 0.717) is 5.52 Å². The number of H-pyrrole nitrogens is 1. The molecular formula is C12H8N4O2S. The van der Waals surface area contributed by atoms with E-state index in [1.165, 1.54) is 24.2 Å². The van der Waals surface area contributed by atoms with Gasteiger partial charge in [-0.2, -0.15) is 0 Å². The average molecular weight is 272 g/mol. The lowest BCUT2D eigenvalue weighted by atomic mass is 10.1. The van der Waals surface area contributed by atoms with Crippen LogP contribution in [0.25, 0.3) is 10.9 Å². The van der Waals surface area contributed by atoms with E-state index in [2.05, 4.69) is 19.9 Å². The zero-order chi connectivity index (χ0) is 13.2. The van der Waals surface area contributed by atoms with Crippen molar-refractivity contribution in [2.45, 2.75) is 10.2 Å². The Kier molecular flexibility index (Phi) is 2.88. The van der Waals surface area contributed by atoms with Gasteiger partial charge in [-0.1, -0.05) is 0 Å². The molecule has 1 aromatic carbocycles. The summed E-state index contributed by atoms with van der Waals surface area (Å²) < 4.78 is 0. The number of aromatic amines is 1. The van der Waals surface area contributed by atoms with Crippen molar-refractivity contribution in [3.05, 3.63) is 42.5 Å². The van der Waals surface area contributed by atoms with Gasteiger partial charge in [0.2, 0.25) is 0 Å². The van der Waals surface area contributed by atoms with Gasteiger partial charge in [0.1, 0.15) is 11.4 Å². The van der Waals surface area contributed by atoms with Crippen LogP contribution in [0.2, 0.25) is 0 Å². The van der Waals surface area contributed by atoms with Crippen LogP contribution in [0.4, 0.5) is 0 Å². The molecule has 0 unspecified atom stereocenters. The first-order valence-corrected chi connectivity index (χ1v) is 6.21. The van der Waals surface area contributed by atoms with Crippen LogP contribution in [-0.4, -0.2) is 31.0 Å². The summed E-state index contributed by atoms with van der Waals surface area (Å²) in [6.45, 7) is 0. The highest BCUT2D eigenvalue weighted by molar-refractivity contribution is 7.99. The SMILES string of the molecule is O=C(O)c1ccc2c(Sc3ncc[nH]3)ncnc2c1. The smallest absolute Gasteiger partial charge is 0.335 e. The number of nitrogens with one attached hydrogen (secondary N) is 1. The van der Waals surface area contributed by atoms with Crippen molar-refractivity contribution >= 4 is 28.6 Å². The highest BCUT2D eigenvalue weighted by atomic mass is 32.2. The fourth-order valence-electron chi connectivity index (χ4n) is 1.64. The van der Waals surface area contributed by atoms with E-state index in [4.69, 9.17) is 5.11 Å². The van der Waals surface area contributed by atoms with Crippen LogP contribution < -0.4 is 0 Å². The van der Waals surface area contributed by atoms with Gasteiger partial charge in [-0.05, 0) is 30.0 Å². The van der Waals surface area contributed by atoms with Gasteiger partial charge in [-0.15, -0.1) is 0 Å². The molecule has 0 aliphatic rings. The summed E-state index contributed by atoms with van der Waals surface area (Å²) in [5.41, 5.74) is 0.809. The second-order valence-corrected chi connectivity index (χ2v) is 4.69. The first-order chi connectivity index (χ1) is 9.24. The third kappa shape index (κ3) is 2.27. The summed E-state index contributed by atoms with van der Waals surface area (Å²) in [7, 11) is 0. The van der Waals surface area contributed by atoms with Crippen LogP contribution in [0.1, 0.15) is 10.4 Å². The molecule has 7 heteroatoms. The topological polar surface area (TPSA) is 91.8 Å². The normalized spacial score (nSPS) is 10.7. The Bertz CT molecular complexity index is 743. The maximum atomic E-state index is 10.9. The largest absolute Gasteiger partial charge is 0.478 e. The molecule has 0 amide bonds. The number of carboxylic acid groups (broad SMARTS) is 1. The van der Waals surface area contributed by atoms with Crippen molar-refractivity contribution in [3.63, 3.8) is 0 Å². The van der Waals surface area contributed by atoms with Gasteiger partial charge < -0.3 is 10.1 Å². The van der Waals surface area contributed by atoms with E-state index in [9.17, 15) is 4.79 Å². The van der Waals surface area contributed by atoms with E-state index < -0.39 is 5.97 Å².